The summed E-state index contributed by atoms with van der Waals surface area (Å²) < 4.78 is 10.9. The second-order valence-electron chi connectivity index (χ2n) is 7.51. The topological polar surface area (TPSA) is 63.6 Å². The lowest BCUT2D eigenvalue weighted by molar-refractivity contribution is 0.353. The molecule has 0 bridgehead atoms. The quantitative estimate of drug-likeness (QED) is 0.785. The van der Waals surface area contributed by atoms with Gasteiger partial charge in [0, 0.05) is 25.7 Å². The van der Waals surface area contributed by atoms with Gasteiger partial charge in [-0.05, 0) is 55.4 Å². The van der Waals surface area contributed by atoms with Crippen molar-refractivity contribution in [2.45, 2.75) is 51.6 Å². The minimum atomic E-state index is 0.518. The molecular formula is C21H29N5O2. The van der Waals surface area contributed by atoms with E-state index in [9.17, 15) is 0 Å². The first-order valence-electron chi connectivity index (χ1n) is 10.2. The van der Waals surface area contributed by atoms with Crippen molar-refractivity contribution < 1.29 is 9.47 Å². The van der Waals surface area contributed by atoms with Gasteiger partial charge in [0.1, 0.15) is 0 Å². The standard InChI is InChI=1S/C21H29N5O2/c1-4-17-7-5-6-9-26(17)21-23-20(13-22-24-21)25-10-8-15-11-18(27-2)19(28-3)12-16(15)14-25/h11-13,17H,4-10,14H2,1-3H3. The molecule has 0 N–H and O–H groups in total. The zero-order chi connectivity index (χ0) is 19.5. The number of benzene rings is 1. The molecule has 0 amide bonds. The molecule has 150 valence electrons. The predicted molar refractivity (Wildman–Crippen MR) is 109 cm³/mol. The molecule has 1 saturated heterocycles. The Morgan fingerprint density at radius 1 is 1.07 bits per heavy atom. The van der Waals surface area contributed by atoms with E-state index >= 15 is 0 Å². The van der Waals surface area contributed by atoms with Crippen molar-refractivity contribution >= 4 is 11.8 Å². The molecular weight excluding hydrogens is 354 g/mol. The van der Waals surface area contributed by atoms with Crippen LogP contribution in [0.15, 0.2) is 18.3 Å². The monoisotopic (exact) mass is 383 g/mol. The first-order valence-corrected chi connectivity index (χ1v) is 10.2. The Kier molecular flexibility index (Phi) is 5.50. The third kappa shape index (κ3) is 3.57. The Bertz CT molecular complexity index is 828. The molecule has 0 saturated carbocycles. The van der Waals surface area contributed by atoms with E-state index in [4.69, 9.17) is 14.5 Å². The van der Waals surface area contributed by atoms with Crippen LogP contribution in [0.5, 0.6) is 11.5 Å². The lowest BCUT2D eigenvalue weighted by Crippen LogP contribution is -2.40. The van der Waals surface area contributed by atoms with E-state index in [1.807, 2.05) is 0 Å². The van der Waals surface area contributed by atoms with Crippen molar-refractivity contribution in [1.82, 2.24) is 15.2 Å². The van der Waals surface area contributed by atoms with E-state index in [2.05, 4.69) is 39.1 Å². The average Bonchev–Trinajstić information content (AvgIpc) is 2.77. The number of methoxy groups -OCH3 is 2. The number of fused-ring (bicyclic) bond motifs is 1. The molecule has 1 unspecified atom stereocenters. The minimum absolute atomic E-state index is 0.518. The lowest BCUT2D eigenvalue weighted by atomic mass is 9.99. The fourth-order valence-electron chi connectivity index (χ4n) is 4.33. The predicted octanol–water partition coefficient (Wildman–Crippen LogP) is 3.22. The largest absolute Gasteiger partial charge is 0.493 e. The highest BCUT2D eigenvalue weighted by atomic mass is 16.5. The zero-order valence-corrected chi connectivity index (χ0v) is 17.0. The molecule has 1 fully saturated rings. The minimum Gasteiger partial charge on any atom is -0.493 e. The summed E-state index contributed by atoms with van der Waals surface area (Å²) in [7, 11) is 3.35. The molecule has 1 atom stereocenters. The smallest absolute Gasteiger partial charge is 0.247 e. The average molecular weight is 383 g/mol. The fourth-order valence-corrected chi connectivity index (χ4v) is 4.33. The highest BCUT2D eigenvalue weighted by Crippen LogP contribution is 2.34. The normalized spacial score (nSPS) is 19.3. The molecule has 1 aromatic heterocycles. The Morgan fingerprint density at radius 3 is 2.61 bits per heavy atom. The van der Waals surface area contributed by atoms with E-state index < -0.39 is 0 Å². The van der Waals surface area contributed by atoms with Crippen LogP contribution in [0, 0.1) is 0 Å². The van der Waals surface area contributed by atoms with Gasteiger partial charge < -0.3 is 19.3 Å². The highest BCUT2D eigenvalue weighted by Gasteiger charge is 2.25. The van der Waals surface area contributed by atoms with E-state index in [1.54, 1.807) is 20.4 Å². The van der Waals surface area contributed by atoms with Crippen molar-refractivity contribution in [3.05, 3.63) is 29.5 Å². The number of anilines is 2. The molecule has 4 rings (SSSR count). The molecule has 0 aliphatic carbocycles. The van der Waals surface area contributed by atoms with Gasteiger partial charge in [0.05, 0.1) is 20.4 Å². The van der Waals surface area contributed by atoms with Gasteiger partial charge in [-0.2, -0.15) is 10.1 Å². The van der Waals surface area contributed by atoms with Crippen LogP contribution in [-0.2, 0) is 13.0 Å². The summed E-state index contributed by atoms with van der Waals surface area (Å²) in [5, 5.41) is 8.63. The molecule has 28 heavy (non-hydrogen) atoms. The Hall–Kier alpha value is -2.57. The number of hydrogen-bond acceptors (Lipinski definition) is 7. The van der Waals surface area contributed by atoms with Gasteiger partial charge >= 0.3 is 0 Å². The highest BCUT2D eigenvalue weighted by molar-refractivity contribution is 5.52. The van der Waals surface area contributed by atoms with Crippen molar-refractivity contribution in [3.63, 3.8) is 0 Å². The van der Waals surface area contributed by atoms with E-state index in [1.165, 1.54) is 30.4 Å². The Balaban J connectivity index is 1.57. The fraction of sp³-hybridized carbons (Fsp3) is 0.571. The van der Waals surface area contributed by atoms with Crippen LogP contribution >= 0.6 is 0 Å². The summed E-state index contributed by atoms with van der Waals surface area (Å²) in [4.78, 5) is 9.50. The van der Waals surface area contributed by atoms with Gasteiger partial charge in [0.15, 0.2) is 17.3 Å². The van der Waals surface area contributed by atoms with Crippen molar-refractivity contribution in [2.24, 2.45) is 0 Å². The lowest BCUT2D eigenvalue weighted by Gasteiger charge is -2.35. The van der Waals surface area contributed by atoms with Crippen LogP contribution in [0.3, 0.4) is 0 Å². The molecule has 0 spiro atoms. The number of nitrogens with zero attached hydrogens (tertiary/aromatic N) is 5. The summed E-state index contributed by atoms with van der Waals surface area (Å²) in [6, 6.07) is 4.69. The third-order valence-electron chi connectivity index (χ3n) is 5.93. The second kappa shape index (κ2) is 8.20. The SMILES string of the molecule is CCC1CCCCN1c1nncc(N2CCc3cc(OC)c(OC)cc3C2)n1. The van der Waals surface area contributed by atoms with E-state index in [-0.39, 0.29) is 0 Å². The number of rotatable bonds is 5. The molecule has 2 aromatic rings. The Morgan fingerprint density at radius 2 is 1.86 bits per heavy atom. The molecule has 2 aliphatic rings. The van der Waals surface area contributed by atoms with E-state index in [0.29, 0.717) is 6.04 Å². The first-order chi connectivity index (χ1) is 13.7. The van der Waals surface area contributed by atoms with Crippen molar-refractivity contribution in [2.75, 3.05) is 37.1 Å². The molecule has 0 radical (unpaired) electrons. The molecule has 1 aromatic carbocycles. The van der Waals surface area contributed by atoms with Crippen LogP contribution < -0.4 is 19.3 Å². The molecule has 2 aliphatic heterocycles. The van der Waals surface area contributed by atoms with Gasteiger partial charge in [-0.15, -0.1) is 5.10 Å². The Labute approximate surface area is 166 Å². The maximum atomic E-state index is 5.48. The maximum Gasteiger partial charge on any atom is 0.247 e. The number of ether oxygens (including phenoxy) is 2. The van der Waals surface area contributed by atoms with Crippen LogP contribution in [0.25, 0.3) is 0 Å². The maximum absolute atomic E-state index is 5.48. The van der Waals surface area contributed by atoms with Gasteiger partial charge in [-0.25, -0.2) is 0 Å². The third-order valence-corrected chi connectivity index (χ3v) is 5.93. The summed E-state index contributed by atoms with van der Waals surface area (Å²) in [6.07, 6.45) is 7.53. The van der Waals surface area contributed by atoms with Gasteiger partial charge in [-0.3, -0.25) is 0 Å². The summed E-state index contributed by atoms with van der Waals surface area (Å²) in [5.74, 6) is 3.22. The van der Waals surface area contributed by atoms with Crippen LogP contribution in [0.2, 0.25) is 0 Å². The molecule has 7 nitrogen and oxygen atoms in total. The number of hydrogen-bond donors (Lipinski definition) is 0. The summed E-state index contributed by atoms with van der Waals surface area (Å²) in [5.41, 5.74) is 2.55. The second-order valence-corrected chi connectivity index (χ2v) is 7.51. The van der Waals surface area contributed by atoms with Gasteiger partial charge in [-0.1, -0.05) is 6.92 Å². The molecule has 3 heterocycles. The van der Waals surface area contributed by atoms with Crippen molar-refractivity contribution in [1.29, 1.82) is 0 Å². The number of aromatic nitrogens is 3. The van der Waals surface area contributed by atoms with Crippen LogP contribution in [0.1, 0.15) is 43.7 Å². The summed E-state index contributed by atoms with van der Waals surface area (Å²) in [6.45, 7) is 4.94. The van der Waals surface area contributed by atoms with E-state index in [0.717, 1.165) is 55.7 Å². The first kappa shape index (κ1) is 18.8. The molecule has 7 heteroatoms. The summed E-state index contributed by atoms with van der Waals surface area (Å²) >= 11 is 0. The number of piperidine rings is 1. The van der Waals surface area contributed by atoms with Crippen LogP contribution in [0.4, 0.5) is 11.8 Å². The van der Waals surface area contributed by atoms with Gasteiger partial charge in [0.2, 0.25) is 5.95 Å². The van der Waals surface area contributed by atoms with Crippen LogP contribution in [-0.4, -0.2) is 48.5 Å². The zero-order valence-electron chi connectivity index (χ0n) is 17.0. The van der Waals surface area contributed by atoms with Gasteiger partial charge in [0.25, 0.3) is 0 Å². The van der Waals surface area contributed by atoms with Crippen molar-refractivity contribution in [3.8, 4) is 11.5 Å².